The highest BCUT2D eigenvalue weighted by atomic mass is 32.2. The van der Waals surface area contributed by atoms with Crippen LogP contribution in [0, 0.1) is 32.4 Å². The van der Waals surface area contributed by atoms with Crippen molar-refractivity contribution in [2.45, 2.75) is 30.8 Å². The molecule has 0 unspecified atom stereocenters. The summed E-state index contributed by atoms with van der Waals surface area (Å²) in [5.41, 5.74) is 7.99. The number of hydrogen-bond donors (Lipinski definition) is 1. The van der Waals surface area contributed by atoms with E-state index >= 15 is 0 Å². The normalized spacial score (nSPS) is 10.8. The lowest BCUT2D eigenvalue weighted by molar-refractivity contribution is 0.541. The summed E-state index contributed by atoms with van der Waals surface area (Å²) in [6, 6.07) is 2.17. The minimum Gasteiger partial charge on any atom is -0.399 e. The van der Waals surface area contributed by atoms with Crippen LogP contribution < -0.4 is 5.73 Å². The Bertz CT molecular complexity index is 598. The van der Waals surface area contributed by atoms with E-state index in [0.29, 0.717) is 5.16 Å². The molecule has 0 bridgehead atoms. The zero-order valence-electron chi connectivity index (χ0n) is 10.8. The Morgan fingerprint density at radius 3 is 1.95 bits per heavy atom. The molecule has 0 saturated heterocycles. The number of nitrogens with zero attached hydrogens (tertiary/aromatic N) is 2. The molecule has 0 fully saturated rings. The second kappa shape index (κ2) is 5.13. The van der Waals surface area contributed by atoms with E-state index in [1.165, 1.54) is 0 Å². The van der Waals surface area contributed by atoms with Gasteiger partial charge < -0.3 is 5.73 Å². The van der Waals surface area contributed by atoms with E-state index in [1.807, 2.05) is 20.8 Å². The second-order valence-electron chi connectivity index (χ2n) is 4.22. The third-order valence-electron chi connectivity index (χ3n) is 2.83. The van der Waals surface area contributed by atoms with Crippen LogP contribution in [0.3, 0.4) is 0 Å². The summed E-state index contributed by atoms with van der Waals surface area (Å²) < 4.78 is 27.4. The highest BCUT2D eigenvalue weighted by Gasteiger charge is 2.14. The van der Waals surface area contributed by atoms with Crippen molar-refractivity contribution in [2.24, 2.45) is 0 Å². The van der Waals surface area contributed by atoms with Crippen LogP contribution in [-0.2, 0) is 0 Å². The molecule has 0 radical (unpaired) electrons. The average molecular weight is 281 g/mol. The molecule has 2 N–H and O–H groups in total. The predicted octanol–water partition coefficient (Wildman–Crippen LogP) is 3.41. The van der Waals surface area contributed by atoms with E-state index in [0.717, 1.165) is 40.8 Å². The summed E-state index contributed by atoms with van der Waals surface area (Å²) in [5.74, 6) is -1.41. The number of aromatic nitrogens is 2. The van der Waals surface area contributed by atoms with Crippen molar-refractivity contribution in [3.05, 3.63) is 40.7 Å². The van der Waals surface area contributed by atoms with Gasteiger partial charge in [0.15, 0.2) is 5.16 Å². The minimum absolute atomic E-state index is 0.0523. The lowest BCUT2D eigenvalue weighted by atomic mass is 10.2. The molecule has 6 heteroatoms. The maximum Gasteiger partial charge on any atom is 0.193 e. The molecular formula is C13H13F2N3S. The van der Waals surface area contributed by atoms with E-state index in [4.69, 9.17) is 5.73 Å². The summed E-state index contributed by atoms with van der Waals surface area (Å²) >= 11 is 0.859. The maximum absolute atomic E-state index is 13.7. The van der Waals surface area contributed by atoms with Crippen molar-refractivity contribution in [2.75, 3.05) is 5.73 Å². The maximum atomic E-state index is 13.7. The number of anilines is 1. The van der Waals surface area contributed by atoms with E-state index in [1.54, 1.807) is 0 Å². The van der Waals surface area contributed by atoms with Crippen molar-refractivity contribution in [1.82, 2.24) is 9.97 Å². The van der Waals surface area contributed by atoms with Crippen molar-refractivity contribution >= 4 is 17.4 Å². The van der Waals surface area contributed by atoms with Crippen LogP contribution in [0.25, 0.3) is 0 Å². The van der Waals surface area contributed by atoms with Gasteiger partial charge in [-0.3, -0.25) is 0 Å². The monoisotopic (exact) mass is 281 g/mol. The Labute approximate surface area is 114 Å². The van der Waals surface area contributed by atoms with Crippen molar-refractivity contribution in [1.29, 1.82) is 0 Å². The zero-order valence-corrected chi connectivity index (χ0v) is 11.6. The highest BCUT2D eigenvalue weighted by molar-refractivity contribution is 7.99. The fraction of sp³-hybridized carbons (Fsp3) is 0.231. The van der Waals surface area contributed by atoms with Gasteiger partial charge in [0.05, 0.1) is 4.90 Å². The number of benzene rings is 1. The Hall–Kier alpha value is -1.69. The van der Waals surface area contributed by atoms with E-state index in [-0.39, 0.29) is 10.6 Å². The average Bonchev–Trinajstić information content (AvgIpc) is 2.30. The van der Waals surface area contributed by atoms with Gasteiger partial charge in [0.25, 0.3) is 0 Å². The van der Waals surface area contributed by atoms with Crippen LogP contribution in [0.1, 0.15) is 17.0 Å². The van der Waals surface area contributed by atoms with Gasteiger partial charge in [0, 0.05) is 17.1 Å². The number of nitrogens with two attached hydrogens (primary N) is 1. The number of rotatable bonds is 2. The molecule has 1 aromatic heterocycles. The van der Waals surface area contributed by atoms with Crippen LogP contribution in [0.2, 0.25) is 0 Å². The molecule has 1 aromatic carbocycles. The molecule has 100 valence electrons. The quantitative estimate of drug-likeness (QED) is 0.677. The SMILES string of the molecule is Cc1nc(Sc2c(F)cc(N)cc2F)nc(C)c1C. The summed E-state index contributed by atoms with van der Waals surface area (Å²) in [7, 11) is 0. The van der Waals surface area contributed by atoms with Gasteiger partial charge in [-0.15, -0.1) is 0 Å². The topological polar surface area (TPSA) is 51.8 Å². The number of aryl methyl sites for hydroxylation is 2. The van der Waals surface area contributed by atoms with Crippen LogP contribution in [-0.4, -0.2) is 9.97 Å². The molecule has 0 aliphatic heterocycles. The van der Waals surface area contributed by atoms with Crippen molar-refractivity contribution in [3.8, 4) is 0 Å². The van der Waals surface area contributed by atoms with Crippen molar-refractivity contribution < 1.29 is 8.78 Å². The van der Waals surface area contributed by atoms with Gasteiger partial charge in [-0.2, -0.15) is 0 Å². The standard InChI is InChI=1S/C13H13F2N3S/c1-6-7(2)17-13(18-8(6)3)19-12-10(14)4-9(16)5-11(12)15/h4-5H,16H2,1-3H3. The molecule has 0 spiro atoms. The molecule has 0 aliphatic carbocycles. The minimum atomic E-state index is -0.706. The molecule has 0 amide bonds. The third kappa shape index (κ3) is 2.84. The van der Waals surface area contributed by atoms with Crippen LogP contribution >= 0.6 is 11.8 Å². The molecule has 0 atom stereocenters. The zero-order chi connectivity index (χ0) is 14.2. The lowest BCUT2D eigenvalue weighted by Gasteiger charge is -2.08. The lowest BCUT2D eigenvalue weighted by Crippen LogP contribution is -1.99. The second-order valence-corrected chi connectivity index (χ2v) is 5.20. The number of halogens is 2. The first-order chi connectivity index (χ1) is 8.88. The summed E-state index contributed by atoms with van der Waals surface area (Å²) in [6.45, 7) is 5.58. The largest absolute Gasteiger partial charge is 0.399 e. The van der Waals surface area contributed by atoms with Crippen molar-refractivity contribution in [3.63, 3.8) is 0 Å². The molecule has 1 heterocycles. The van der Waals surface area contributed by atoms with Crippen LogP contribution in [0.5, 0.6) is 0 Å². The first-order valence-corrected chi connectivity index (χ1v) is 6.44. The number of nitrogen functional groups attached to an aromatic ring is 1. The molecule has 3 nitrogen and oxygen atoms in total. The number of hydrogen-bond acceptors (Lipinski definition) is 4. The molecule has 2 rings (SSSR count). The van der Waals surface area contributed by atoms with E-state index < -0.39 is 11.6 Å². The summed E-state index contributed by atoms with van der Waals surface area (Å²) in [6.07, 6.45) is 0. The molecule has 2 aromatic rings. The summed E-state index contributed by atoms with van der Waals surface area (Å²) in [4.78, 5) is 8.30. The molecule has 0 aliphatic rings. The van der Waals surface area contributed by atoms with Gasteiger partial charge in [-0.1, -0.05) is 0 Å². The van der Waals surface area contributed by atoms with Gasteiger partial charge in [-0.05, 0) is 50.2 Å². The first kappa shape index (κ1) is 13.7. The van der Waals surface area contributed by atoms with Gasteiger partial charge in [0.2, 0.25) is 0 Å². The highest BCUT2D eigenvalue weighted by Crippen LogP contribution is 2.31. The Morgan fingerprint density at radius 2 is 1.47 bits per heavy atom. The Kier molecular flexibility index (Phi) is 3.71. The van der Waals surface area contributed by atoms with Gasteiger partial charge in [-0.25, -0.2) is 18.7 Å². The Balaban J connectivity index is 2.42. The fourth-order valence-electron chi connectivity index (χ4n) is 1.56. The molecule has 0 saturated carbocycles. The predicted molar refractivity (Wildman–Crippen MR) is 71.1 cm³/mol. The smallest absolute Gasteiger partial charge is 0.193 e. The fourth-order valence-corrected chi connectivity index (χ4v) is 2.42. The van der Waals surface area contributed by atoms with E-state index in [2.05, 4.69) is 9.97 Å². The van der Waals surface area contributed by atoms with Crippen LogP contribution in [0.4, 0.5) is 14.5 Å². The van der Waals surface area contributed by atoms with Gasteiger partial charge >= 0.3 is 0 Å². The van der Waals surface area contributed by atoms with E-state index in [9.17, 15) is 8.78 Å². The Morgan fingerprint density at radius 1 is 1.00 bits per heavy atom. The summed E-state index contributed by atoms with van der Waals surface area (Å²) in [5, 5.41) is 0.322. The first-order valence-electron chi connectivity index (χ1n) is 5.62. The molecule has 19 heavy (non-hydrogen) atoms. The molecular weight excluding hydrogens is 268 g/mol. The third-order valence-corrected chi connectivity index (χ3v) is 3.79. The van der Waals surface area contributed by atoms with Crippen LogP contribution in [0.15, 0.2) is 22.2 Å². The van der Waals surface area contributed by atoms with Gasteiger partial charge in [0.1, 0.15) is 11.6 Å².